The quantitative estimate of drug-likeness (QED) is 0.553. The first-order chi connectivity index (χ1) is 12.4. The first-order valence-corrected chi connectivity index (χ1v) is 8.74. The number of likely N-dealkylation sites (tertiary alicyclic amines) is 1. The Bertz CT molecular complexity index is 632. The summed E-state index contributed by atoms with van der Waals surface area (Å²) in [7, 11) is 5.26. The Hall–Kier alpha value is -2.34. The summed E-state index contributed by atoms with van der Waals surface area (Å²) in [6.45, 7) is 5.12. The summed E-state index contributed by atoms with van der Waals surface area (Å²) in [6, 6.07) is 8.79. The second-order valence-corrected chi connectivity index (χ2v) is 7.00. The van der Waals surface area contributed by atoms with Crippen molar-refractivity contribution in [3.8, 4) is 0 Å². The zero-order valence-electron chi connectivity index (χ0n) is 15.8. The van der Waals surface area contributed by atoms with Gasteiger partial charge in [-0.2, -0.15) is 0 Å². The van der Waals surface area contributed by atoms with Crippen molar-refractivity contribution in [2.24, 2.45) is 5.41 Å². The summed E-state index contributed by atoms with van der Waals surface area (Å²) in [5.74, 6) is -0.414. The Balaban J connectivity index is 2.19. The molecule has 0 spiro atoms. The number of hydrogen-bond acceptors (Lipinski definition) is 5. The van der Waals surface area contributed by atoms with Gasteiger partial charge in [-0.05, 0) is 32.5 Å². The molecule has 1 heterocycles. The minimum Gasteiger partial charge on any atom is -0.467 e. The van der Waals surface area contributed by atoms with E-state index in [1.165, 1.54) is 12.0 Å². The molecule has 1 aromatic carbocycles. The van der Waals surface area contributed by atoms with Crippen LogP contribution in [0, 0.1) is 5.41 Å². The summed E-state index contributed by atoms with van der Waals surface area (Å²) >= 11 is 0. The van der Waals surface area contributed by atoms with Crippen LogP contribution in [0.5, 0.6) is 0 Å². The molecule has 0 saturated carbocycles. The maximum atomic E-state index is 12.7. The second-order valence-electron chi connectivity index (χ2n) is 7.00. The van der Waals surface area contributed by atoms with Gasteiger partial charge in [-0.15, -0.1) is 6.58 Å². The number of allylic oxidation sites excluding steroid dienone is 1. The third-order valence-corrected chi connectivity index (χ3v) is 4.79. The molecule has 2 unspecified atom stereocenters. The van der Waals surface area contributed by atoms with Gasteiger partial charge in [-0.25, -0.2) is 9.59 Å². The predicted octanol–water partition coefficient (Wildman–Crippen LogP) is 2.69. The highest BCUT2D eigenvalue weighted by atomic mass is 16.6. The van der Waals surface area contributed by atoms with Gasteiger partial charge in [0.1, 0.15) is 12.6 Å². The van der Waals surface area contributed by atoms with Crippen molar-refractivity contribution in [1.29, 1.82) is 0 Å². The molecule has 142 valence electrons. The van der Waals surface area contributed by atoms with Crippen LogP contribution < -0.4 is 0 Å². The number of esters is 1. The van der Waals surface area contributed by atoms with Crippen LogP contribution in [0.2, 0.25) is 0 Å². The number of methoxy groups -OCH3 is 1. The van der Waals surface area contributed by atoms with Crippen molar-refractivity contribution in [3.05, 3.63) is 48.6 Å². The highest BCUT2D eigenvalue weighted by molar-refractivity contribution is 5.83. The van der Waals surface area contributed by atoms with Gasteiger partial charge in [0.25, 0.3) is 0 Å². The molecule has 1 aromatic rings. The maximum Gasteiger partial charge on any atom is 0.410 e. The largest absolute Gasteiger partial charge is 0.467 e. The van der Waals surface area contributed by atoms with Gasteiger partial charge >= 0.3 is 12.1 Å². The lowest BCUT2D eigenvalue weighted by Crippen LogP contribution is -2.52. The Morgan fingerprint density at radius 2 is 2.04 bits per heavy atom. The molecule has 0 radical (unpaired) electrons. The van der Waals surface area contributed by atoms with Gasteiger partial charge < -0.3 is 14.4 Å². The summed E-state index contributed by atoms with van der Waals surface area (Å²) < 4.78 is 10.5. The normalized spacial score (nSPS) is 22.3. The molecule has 1 fully saturated rings. The molecule has 1 aliphatic heterocycles. The summed E-state index contributed by atoms with van der Waals surface area (Å²) in [5.41, 5.74) is 0.477. The van der Waals surface area contributed by atoms with Crippen molar-refractivity contribution in [2.75, 3.05) is 34.3 Å². The average Bonchev–Trinajstić information content (AvgIpc) is 2.98. The van der Waals surface area contributed by atoms with E-state index in [0.29, 0.717) is 25.9 Å². The van der Waals surface area contributed by atoms with Gasteiger partial charge in [0, 0.05) is 18.5 Å². The lowest BCUT2D eigenvalue weighted by atomic mass is 9.76. The molecule has 1 aliphatic rings. The molecule has 6 heteroatoms. The monoisotopic (exact) mass is 360 g/mol. The topological polar surface area (TPSA) is 59.1 Å². The first-order valence-electron chi connectivity index (χ1n) is 8.74. The summed E-state index contributed by atoms with van der Waals surface area (Å²) in [4.78, 5) is 28.8. The molecule has 0 aromatic heterocycles. The smallest absolute Gasteiger partial charge is 0.410 e. The zero-order chi connectivity index (χ0) is 19.2. The number of benzene rings is 1. The Morgan fingerprint density at radius 1 is 1.35 bits per heavy atom. The third-order valence-electron chi connectivity index (χ3n) is 4.79. The van der Waals surface area contributed by atoms with Crippen molar-refractivity contribution in [2.45, 2.75) is 25.5 Å². The van der Waals surface area contributed by atoms with Gasteiger partial charge in [0.15, 0.2) is 0 Å². The summed E-state index contributed by atoms with van der Waals surface area (Å²) in [6.07, 6.45) is 2.62. The van der Waals surface area contributed by atoms with Crippen molar-refractivity contribution >= 4 is 12.1 Å². The van der Waals surface area contributed by atoms with Crippen LogP contribution in [-0.2, 0) is 20.9 Å². The van der Waals surface area contributed by atoms with E-state index < -0.39 is 23.5 Å². The van der Waals surface area contributed by atoms with E-state index in [2.05, 4.69) is 6.58 Å². The molecule has 0 N–H and O–H groups in total. The van der Waals surface area contributed by atoms with E-state index in [0.717, 1.165) is 5.56 Å². The van der Waals surface area contributed by atoms with Crippen molar-refractivity contribution < 1.29 is 19.1 Å². The number of carbonyl (C=O) groups excluding carboxylic acids is 2. The van der Waals surface area contributed by atoms with Crippen LogP contribution in [0.25, 0.3) is 0 Å². The molecule has 0 bridgehead atoms. The SMILES string of the molecule is C=CCC1(CN(C)C)CCN(C(=O)OCc2ccccc2)C1C(=O)OC. The molecule has 6 nitrogen and oxygen atoms in total. The number of hydrogen-bond donors (Lipinski definition) is 0. The molecule has 26 heavy (non-hydrogen) atoms. The Labute approximate surface area is 155 Å². The lowest BCUT2D eigenvalue weighted by molar-refractivity contribution is -0.149. The maximum absolute atomic E-state index is 12.7. The van der Waals surface area contributed by atoms with E-state index in [1.807, 2.05) is 49.3 Å². The molecule has 2 rings (SSSR count). The fourth-order valence-electron chi connectivity index (χ4n) is 3.79. The average molecular weight is 360 g/mol. The second kappa shape index (κ2) is 8.85. The molecule has 1 amide bonds. The molecular weight excluding hydrogens is 332 g/mol. The predicted molar refractivity (Wildman–Crippen MR) is 99.6 cm³/mol. The number of ether oxygens (including phenoxy) is 2. The fraction of sp³-hybridized carbons (Fsp3) is 0.500. The van der Waals surface area contributed by atoms with Crippen LogP contribution in [0.1, 0.15) is 18.4 Å². The molecule has 2 atom stereocenters. The molecule has 0 aliphatic carbocycles. The van der Waals surface area contributed by atoms with E-state index in [1.54, 1.807) is 6.08 Å². The lowest BCUT2D eigenvalue weighted by Gasteiger charge is -2.37. The van der Waals surface area contributed by atoms with Gasteiger partial charge in [-0.3, -0.25) is 4.90 Å². The highest BCUT2D eigenvalue weighted by Crippen LogP contribution is 2.42. The van der Waals surface area contributed by atoms with Crippen LogP contribution in [0.4, 0.5) is 4.79 Å². The van der Waals surface area contributed by atoms with Crippen LogP contribution in [0.15, 0.2) is 43.0 Å². The van der Waals surface area contributed by atoms with E-state index in [-0.39, 0.29) is 6.61 Å². The standard InChI is InChI=1S/C20H28N2O4/c1-5-11-20(15-21(2)3)12-13-22(17(20)18(23)25-4)19(24)26-14-16-9-7-6-8-10-16/h5-10,17H,1,11-15H2,2-4H3. The van der Waals surface area contributed by atoms with Crippen molar-refractivity contribution in [1.82, 2.24) is 9.80 Å². The zero-order valence-corrected chi connectivity index (χ0v) is 15.8. The van der Waals surface area contributed by atoms with Crippen LogP contribution >= 0.6 is 0 Å². The molecular formula is C20H28N2O4. The first kappa shape index (κ1) is 20.0. The van der Waals surface area contributed by atoms with E-state index in [9.17, 15) is 9.59 Å². The Morgan fingerprint density at radius 3 is 2.62 bits per heavy atom. The number of rotatable bonds is 7. The van der Waals surface area contributed by atoms with Crippen LogP contribution in [0.3, 0.4) is 0 Å². The Kier molecular flexibility index (Phi) is 6.80. The number of amides is 1. The highest BCUT2D eigenvalue weighted by Gasteiger charge is 2.53. The minimum atomic E-state index is -0.684. The number of nitrogens with zero attached hydrogens (tertiary/aromatic N) is 2. The van der Waals surface area contributed by atoms with E-state index >= 15 is 0 Å². The van der Waals surface area contributed by atoms with Crippen molar-refractivity contribution in [3.63, 3.8) is 0 Å². The molecule has 1 saturated heterocycles. The van der Waals surface area contributed by atoms with E-state index in [4.69, 9.17) is 9.47 Å². The van der Waals surface area contributed by atoms with Gasteiger partial charge in [0.05, 0.1) is 7.11 Å². The minimum absolute atomic E-state index is 0.173. The van der Waals surface area contributed by atoms with Gasteiger partial charge in [0.2, 0.25) is 0 Å². The number of carbonyl (C=O) groups is 2. The van der Waals surface area contributed by atoms with Gasteiger partial charge in [-0.1, -0.05) is 36.4 Å². The van der Waals surface area contributed by atoms with Crippen LogP contribution in [-0.4, -0.2) is 62.2 Å². The fourth-order valence-corrected chi connectivity index (χ4v) is 3.79. The summed E-state index contributed by atoms with van der Waals surface area (Å²) in [5, 5.41) is 0. The third kappa shape index (κ3) is 4.43.